The lowest BCUT2D eigenvalue weighted by Gasteiger charge is -2.24. The Hall–Kier alpha value is -4.96. The van der Waals surface area contributed by atoms with Gasteiger partial charge in [-0.2, -0.15) is 0 Å². The predicted octanol–water partition coefficient (Wildman–Crippen LogP) is 4.80. The van der Waals surface area contributed by atoms with Crippen molar-refractivity contribution in [3.05, 3.63) is 121 Å². The van der Waals surface area contributed by atoms with Crippen molar-refractivity contribution >= 4 is 29.4 Å². The van der Waals surface area contributed by atoms with Crippen molar-refractivity contribution in [1.82, 2.24) is 4.57 Å². The number of fused-ring (bicyclic) bond motifs is 1. The minimum Gasteiger partial charge on any atom is -0.490 e. The maximum atomic E-state index is 13.9. The van der Waals surface area contributed by atoms with Crippen molar-refractivity contribution in [3.63, 3.8) is 0 Å². The Morgan fingerprint density at radius 3 is 2.51 bits per heavy atom. The zero-order valence-corrected chi connectivity index (χ0v) is 24.8. The summed E-state index contributed by atoms with van der Waals surface area (Å²) in [6, 6.07) is 16.9. The van der Waals surface area contributed by atoms with Gasteiger partial charge in [0, 0.05) is 11.6 Å². The van der Waals surface area contributed by atoms with Gasteiger partial charge in [-0.15, -0.1) is 0 Å². The Labute approximate surface area is 251 Å². The number of ether oxygens (including phenoxy) is 3. The largest absolute Gasteiger partial charge is 0.490 e. The average Bonchev–Trinajstić information content (AvgIpc) is 3.60. The summed E-state index contributed by atoms with van der Waals surface area (Å²) < 4.78 is 24.0. The van der Waals surface area contributed by atoms with Crippen LogP contribution in [0, 0.1) is 0 Å². The lowest BCUT2D eigenvalue weighted by Crippen LogP contribution is -2.39. The van der Waals surface area contributed by atoms with Crippen molar-refractivity contribution < 1.29 is 28.2 Å². The van der Waals surface area contributed by atoms with Crippen LogP contribution in [0.15, 0.2) is 98.8 Å². The molecule has 220 valence electrons. The molecule has 3 heterocycles. The highest BCUT2D eigenvalue weighted by atomic mass is 32.1. The summed E-state index contributed by atoms with van der Waals surface area (Å²) in [5.74, 6) is 0.667. The number of benzene rings is 2. The maximum absolute atomic E-state index is 13.9. The molecule has 0 unspecified atom stereocenters. The van der Waals surface area contributed by atoms with Crippen molar-refractivity contribution in [3.8, 4) is 17.1 Å². The summed E-state index contributed by atoms with van der Waals surface area (Å²) in [4.78, 5) is 44.2. The second-order valence-electron chi connectivity index (χ2n) is 9.47. The lowest BCUT2D eigenvalue weighted by atomic mass is 9.96. The number of aromatic nitrogens is 1. The lowest BCUT2D eigenvalue weighted by molar-refractivity contribution is -0.139. The summed E-state index contributed by atoms with van der Waals surface area (Å²) in [7, 11) is 0. The molecule has 1 atom stereocenters. The summed E-state index contributed by atoms with van der Waals surface area (Å²) in [5, 5.41) is 0. The third-order valence-electron chi connectivity index (χ3n) is 6.64. The van der Waals surface area contributed by atoms with E-state index >= 15 is 0 Å². The quantitative estimate of drug-likeness (QED) is 0.191. The number of thiazole rings is 1. The number of allylic oxidation sites excluding steroid dienone is 1. The third-order valence-corrected chi connectivity index (χ3v) is 7.62. The zero-order chi connectivity index (χ0) is 30.5. The number of hydrogen-bond donors (Lipinski definition) is 0. The van der Waals surface area contributed by atoms with Gasteiger partial charge in [0.2, 0.25) is 0 Å². The molecule has 0 fully saturated rings. The number of rotatable bonds is 10. The second-order valence-corrected chi connectivity index (χ2v) is 10.5. The summed E-state index contributed by atoms with van der Waals surface area (Å²) in [6.07, 6.45) is 3.30. The topological polar surface area (TPSA) is 109 Å². The molecule has 2 aromatic carbocycles. The number of hydrogen-bond acceptors (Lipinski definition) is 9. The van der Waals surface area contributed by atoms with Gasteiger partial charge >= 0.3 is 11.9 Å². The Morgan fingerprint density at radius 1 is 1.05 bits per heavy atom. The molecule has 1 aliphatic heterocycles. The van der Waals surface area contributed by atoms with Crippen LogP contribution in [0.25, 0.3) is 17.4 Å². The molecule has 0 N–H and O–H groups in total. The average molecular weight is 599 g/mol. The van der Waals surface area contributed by atoms with Crippen LogP contribution in [0.2, 0.25) is 0 Å². The highest BCUT2D eigenvalue weighted by Crippen LogP contribution is 2.32. The molecule has 0 aliphatic carbocycles. The number of esters is 2. The summed E-state index contributed by atoms with van der Waals surface area (Å²) >= 11 is 1.20. The Bertz CT molecular complexity index is 1890. The predicted molar refractivity (Wildman–Crippen MR) is 163 cm³/mol. The molecule has 5 rings (SSSR count). The smallest absolute Gasteiger partial charge is 0.338 e. The minimum absolute atomic E-state index is 0.185. The molecule has 2 aromatic heterocycles. The van der Waals surface area contributed by atoms with Gasteiger partial charge in [-0.25, -0.2) is 14.6 Å². The number of carbonyl (C=O) groups is 2. The van der Waals surface area contributed by atoms with Crippen molar-refractivity contribution in [2.24, 2.45) is 4.99 Å². The third kappa shape index (κ3) is 6.14. The van der Waals surface area contributed by atoms with Gasteiger partial charge in [-0.05, 0) is 62.7 Å². The molecule has 0 bridgehead atoms. The fraction of sp³-hybridized carbons (Fsp3) is 0.212. The van der Waals surface area contributed by atoms with Crippen molar-refractivity contribution in [1.29, 1.82) is 0 Å². The fourth-order valence-corrected chi connectivity index (χ4v) is 5.76. The molecule has 0 spiro atoms. The summed E-state index contributed by atoms with van der Waals surface area (Å²) in [6.45, 7) is 9.70. The van der Waals surface area contributed by atoms with Crippen LogP contribution in [0.1, 0.15) is 48.5 Å². The van der Waals surface area contributed by atoms with Gasteiger partial charge in [-0.3, -0.25) is 9.36 Å². The zero-order valence-electron chi connectivity index (χ0n) is 24.0. The van der Waals surface area contributed by atoms with Gasteiger partial charge in [0.25, 0.3) is 5.56 Å². The van der Waals surface area contributed by atoms with Gasteiger partial charge in [-0.1, -0.05) is 48.3 Å². The fourth-order valence-electron chi connectivity index (χ4n) is 4.74. The summed E-state index contributed by atoms with van der Waals surface area (Å²) in [5.41, 5.74) is 2.27. The van der Waals surface area contributed by atoms with E-state index in [4.69, 9.17) is 18.6 Å². The monoisotopic (exact) mass is 598 g/mol. The molecule has 4 aromatic rings. The van der Waals surface area contributed by atoms with E-state index in [1.807, 2.05) is 18.2 Å². The van der Waals surface area contributed by atoms with Crippen LogP contribution in [-0.4, -0.2) is 36.3 Å². The van der Waals surface area contributed by atoms with Gasteiger partial charge in [0.1, 0.15) is 23.9 Å². The van der Waals surface area contributed by atoms with Gasteiger partial charge < -0.3 is 18.6 Å². The van der Waals surface area contributed by atoms with Crippen LogP contribution >= 0.6 is 11.3 Å². The minimum atomic E-state index is -0.747. The molecule has 9 nitrogen and oxygen atoms in total. The highest BCUT2D eigenvalue weighted by Gasteiger charge is 2.33. The van der Waals surface area contributed by atoms with E-state index in [1.54, 1.807) is 75.4 Å². The first kappa shape index (κ1) is 29.5. The SMILES string of the molecule is C=CCOc1ccc([C@H]2C(C(=O)OCC)=C(C)N=c3s/c(=C\c4ccc(-c5cccc(C(=O)OCC)c5)o4)c(=O)n32)cc1. The Kier molecular flexibility index (Phi) is 8.87. The first-order valence-corrected chi connectivity index (χ1v) is 14.6. The number of nitrogens with zero attached hydrogens (tertiary/aromatic N) is 2. The first-order chi connectivity index (χ1) is 20.8. The van der Waals surface area contributed by atoms with E-state index in [2.05, 4.69) is 11.6 Å². The van der Waals surface area contributed by atoms with Crippen LogP contribution in [0.5, 0.6) is 5.75 Å². The van der Waals surface area contributed by atoms with Crippen molar-refractivity contribution in [2.75, 3.05) is 19.8 Å². The number of carbonyl (C=O) groups excluding carboxylic acids is 2. The Balaban J connectivity index is 1.55. The normalized spacial score (nSPS) is 14.6. The molecule has 0 saturated heterocycles. The molecule has 43 heavy (non-hydrogen) atoms. The standard InChI is InChI=1S/C33H30N2O7S/c1-5-17-41-24-13-11-21(12-14-24)29-28(32(38)40-7-3)20(4)34-33-35(29)30(36)27(43-33)19-25-15-16-26(42-25)22-9-8-10-23(18-22)31(37)39-6-2/h5,8-16,18-19,29H,1,6-7,17H2,2-4H3/b27-19-/t29-/m0/s1. The van der Waals surface area contributed by atoms with E-state index in [9.17, 15) is 14.4 Å². The molecule has 0 saturated carbocycles. The van der Waals surface area contributed by atoms with E-state index < -0.39 is 18.0 Å². The second kappa shape index (κ2) is 12.9. The van der Waals surface area contributed by atoms with Crippen LogP contribution in [0.4, 0.5) is 0 Å². The molecule has 0 radical (unpaired) electrons. The molecule has 0 amide bonds. The Morgan fingerprint density at radius 2 is 1.79 bits per heavy atom. The van der Waals surface area contributed by atoms with Gasteiger partial charge in [0.15, 0.2) is 4.80 Å². The maximum Gasteiger partial charge on any atom is 0.338 e. The van der Waals surface area contributed by atoms with Crippen LogP contribution in [0.3, 0.4) is 0 Å². The van der Waals surface area contributed by atoms with E-state index in [1.165, 1.54) is 15.9 Å². The van der Waals surface area contributed by atoms with E-state index in [0.717, 1.165) is 0 Å². The molecular formula is C33H30N2O7S. The van der Waals surface area contributed by atoms with E-state index in [0.29, 0.717) is 61.2 Å². The van der Waals surface area contributed by atoms with Crippen LogP contribution < -0.4 is 19.6 Å². The van der Waals surface area contributed by atoms with Gasteiger partial charge in [0.05, 0.1) is 40.6 Å². The van der Waals surface area contributed by atoms with Crippen LogP contribution in [-0.2, 0) is 14.3 Å². The molecule has 10 heteroatoms. The highest BCUT2D eigenvalue weighted by molar-refractivity contribution is 7.07. The molecular weight excluding hydrogens is 568 g/mol. The van der Waals surface area contributed by atoms with Crippen molar-refractivity contribution in [2.45, 2.75) is 26.8 Å². The first-order valence-electron chi connectivity index (χ1n) is 13.7. The van der Waals surface area contributed by atoms with E-state index in [-0.39, 0.29) is 18.8 Å². The number of furan rings is 1. The molecule has 1 aliphatic rings.